The van der Waals surface area contributed by atoms with Crippen molar-refractivity contribution in [1.29, 1.82) is 0 Å². The highest BCUT2D eigenvalue weighted by Crippen LogP contribution is 2.40. The van der Waals surface area contributed by atoms with Crippen molar-refractivity contribution in [1.82, 2.24) is 24.8 Å². The van der Waals surface area contributed by atoms with Gasteiger partial charge in [-0.3, -0.25) is 4.90 Å². The third kappa shape index (κ3) is 2.81. The molecule has 2 aromatic rings. The predicted octanol–water partition coefficient (Wildman–Crippen LogP) is -0.309. The first-order valence-electron chi connectivity index (χ1n) is 10.1. The van der Waals surface area contributed by atoms with Gasteiger partial charge in [-0.15, -0.1) is 0 Å². The first kappa shape index (κ1) is 18.3. The molecule has 0 radical (unpaired) electrons. The number of ether oxygens (including phenoxy) is 1. The van der Waals surface area contributed by atoms with E-state index in [1.165, 1.54) is 19.2 Å². The Hall–Kier alpha value is -1.78. The Bertz CT molecular complexity index is 851. The van der Waals surface area contributed by atoms with Crippen LogP contribution in [0.3, 0.4) is 0 Å². The maximum absolute atomic E-state index is 10.7. The summed E-state index contributed by atoms with van der Waals surface area (Å²) >= 11 is 0. The van der Waals surface area contributed by atoms with E-state index in [1.807, 2.05) is 12.1 Å². The lowest BCUT2D eigenvalue weighted by Gasteiger charge is -2.43. The highest BCUT2D eigenvalue weighted by Gasteiger charge is 2.48. The molecule has 2 aromatic heterocycles. The van der Waals surface area contributed by atoms with Crippen LogP contribution in [0.4, 0.5) is 5.82 Å². The molecule has 0 bridgehead atoms. The fourth-order valence-electron chi connectivity index (χ4n) is 5.29. The second kappa shape index (κ2) is 6.93. The van der Waals surface area contributed by atoms with E-state index in [2.05, 4.69) is 20.3 Å². The molecule has 3 fully saturated rings. The predicted molar refractivity (Wildman–Crippen MR) is 103 cm³/mol. The van der Waals surface area contributed by atoms with Crippen LogP contribution in [0.1, 0.15) is 37.5 Å². The standard InChI is InChI=1S/C19H28N6O3/c20-18-13-3-2-12(25(13)23-11-22-18)17-16(27)15(26)14(28-17)10-24-9-1-4-19(24)5-7-21-8-6-19/h2-3,11,14-17,21,26-27H,1,4-10H2,(H2,20,22,23)/t14-,15-,16-,17+/m1/s1. The average Bonchev–Trinajstić information content (AvgIpc) is 3.37. The van der Waals surface area contributed by atoms with Gasteiger partial charge in [-0.2, -0.15) is 5.10 Å². The van der Waals surface area contributed by atoms with Crippen LogP contribution < -0.4 is 11.1 Å². The zero-order valence-corrected chi connectivity index (χ0v) is 15.9. The molecule has 3 saturated heterocycles. The molecule has 0 unspecified atom stereocenters. The molecule has 152 valence electrons. The Morgan fingerprint density at radius 3 is 2.86 bits per heavy atom. The van der Waals surface area contributed by atoms with Crippen molar-refractivity contribution >= 4 is 11.3 Å². The molecule has 0 amide bonds. The molecule has 3 aliphatic heterocycles. The van der Waals surface area contributed by atoms with Crippen LogP contribution in [-0.2, 0) is 4.74 Å². The average molecular weight is 388 g/mol. The molecule has 3 aliphatic rings. The number of piperidine rings is 1. The van der Waals surface area contributed by atoms with Crippen molar-refractivity contribution in [2.45, 2.75) is 55.6 Å². The van der Waals surface area contributed by atoms with Crippen molar-refractivity contribution in [3.8, 4) is 0 Å². The van der Waals surface area contributed by atoms with Gasteiger partial charge in [0.15, 0.2) is 5.82 Å². The zero-order valence-electron chi connectivity index (χ0n) is 15.9. The Morgan fingerprint density at radius 2 is 2.04 bits per heavy atom. The van der Waals surface area contributed by atoms with Gasteiger partial charge in [0.1, 0.15) is 30.2 Å². The number of nitrogens with two attached hydrogens (primary N) is 1. The summed E-state index contributed by atoms with van der Waals surface area (Å²) in [5.41, 5.74) is 7.46. The van der Waals surface area contributed by atoms with Crippen LogP contribution in [0.2, 0.25) is 0 Å². The summed E-state index contributed by atoms with van der Waals surface area (Å²) in [5.74, 6) is 0.371. The third-order valence-electron chi connectivity index (χ3n) is 6.84. The Morgan fingerprint density at radius 1 is 1.21 bits per heavy atom. The maximum Gasteiger partial charge on any atom is 0.151 e. The van der Waals surface area contributed by atoms with E-state index in [-0.39, 0.29) is 5.54 Å². The molecule has 9 heteroatoms. The number of nitrogens with one attached hydrogen (secondary N) is 1. The number of aromatic nitrogens is 3. The monoisotopic (exact) mass is 388 g/mol. The van der Waals surface area contributed by atoms with E-state index in [0.717, 1.165) is 32.5 Å². The number of aliphatic hydroxyl groups is 2. The molecule has 0 saturated carbocycles. The minimum Gasteiger partial charge on any atom is -0.388 e. The van der Waals surface area contributed by atoms with E-state index in [1.54, 1.807) is 4.52 Å². The van der Waals surface area contributed by atoms with E-state index >= 15 is 0 Å². The Kier molecular flexibility index (Phi) is 4.52. The number of nitrogens with zero attached hydrogens (tertiary/aromatic N) is 4. The molecule has 9 nitrogen and oxygen atoms in total. The number of aliphatic hydroxyl groups excluding tert-OH is 2. The van der Waals surface area contributed by atoms with Gasteiger partial charge in [-0.05, 0) is 57.5 Å². The molecule has 5 heterocycles. The van der Waals surface area contributed by atoms with Gasteiger partial charge in [-0.25, -0.2) is 9.50 Å². The Labute approximate surface area is 163 Å². The number of nitrogen functional groups attached to an aromatic ring is 1. The molecule has 28 heavy (non-hydrogen) atoms. The highest BCUT2D eigenvalue weighted by atomic mass is 16.5. The lowest BCUT2D eigenvalue weighted by atomic mass is 9.85. The summed E-state index contributed by atoms with van der Waals surface area (Å²) in [6.07, 6.45) is 2.98. The summed E-state index contributed by atoms with van der Waals surface area (Å²) in [4.78, 5) is 6.47. The van der Waals surface area contributed by atoms with E-state index < -0.39 is 24.4 Å². The molecule has 5 N–H and O–H groups in total. The quantitative estimate of drug-likeness (QED) is 0.565. The largest absolute Gasteiger partial charge is 0.388 e. The number of rotatable bonds is 3. The van der Waals surface area contributed by atoms with Crippen molar-refractivity contribution < 1.29 is 14.9 Å². The number of anilines is 1. The zero-order chi connectivity index (χ0) is 19.3. The maximum atomic E-state index is 10.7. The molecule has 1 spiro atoms. The van der Waals surface area contributed by atoms with Gasteiger partial charge in [-0.1, -0.05) is 0 Å². The van der Waals surface area contributed by atoms with E-state index in [9.17, 15) is 10.2 Å². The lowest BCUT2D eigenvalue weighted by molar-refractivity contribution is -0.0323. The van der Waals surface area contributed by atoms with E-state index in [4.69, 9.17) is 10.5 Å². The molecule has 5 rings (SSSR count). The van der Waals surface area contributed by atoms with Gasteiger partial charge < -0.3 is 26.0 Å². The smallest absolute Gasteiger partial charge is 0.151 e. The molecule has 0 aliphatic carbocycles. The minimum absolute atomic E-state index is 0.209. The van der Waals surface area contributed by atoms with Crippen molar-refractivity contribution in [2.75, 3.05) is 31.9 Å². The molecular formula is C19H28N6O3. The van der Waals surface area contributed by atoms with Gasteiger partial charge in [0, 0.05) is 12.1 Å². The first-order chi connectivity index (χ1) is 13.6. The van der Waals surface area contributed by atoms with Crippen LogP contribution in [0.25, 0.3) is 5.52 Å². The minimum atomic E-state index is -1.01. The third-order valence-corrected chi connectivity index (χ3v) is 6.84. The van der Waals surface area contributed by atoms with Gasteiger partial charge in [0.25, 0.3) is 0 Å². The van der Waals surface area contributed by atoms with Crippen LogP contribution in [0, 0.1) is 0 Å². The Balaban J connectivity index is 1.37. The van der Waals surface area contributed by atoms with Gasteiger partial charge in [0.05, 0.1) is 11.8 Å². The number of likely N-dealkylation sites (tertiary alicyclic amines) is 1. The van der Waals surface area contributed by atoms with Crippen LogP contribution in [0.15, 0.2) is 18.5 Å². The highest BCUT2D eigenvalue weighted by molar-refractivity contribution is 5.65. The number of hydrogen-bond acceptors (Lipinski definition) is 8. The summed E-state index contributed by atoms with van der Waals surface area (Å²) < 4.78 is 7.83. The number of hydrogen-bond donors (Lipinski definition) is 4. The molecular weight excluding hydrogens is 360 g/mol. The molecule has 0 aromatic carbocycles. The van der Waals surface area contributed by atoms with Crippen LogP contribution in [-0.4, -0.2) is 79.7 Å². The summed E-state index contributed by atoms with van der Waals surface area (Å²) in [6, 6.07) is 3.64. The van der Waals surface area contributed by atoms with Crippen molar-refractivity contribution in [2.24, 2.45) is 0 Å². The summed E-state index contributed by atoms with van der Waals surface area (Å²) in [7, 11) is 0. The van der Waals surface area contributed by atoms with Crippen LogP contribution >= 0.6 is 0 Å². The van der Waals surface area contributed by atoms with Crippen molar-refractivity contribution in [3.63, 3.8) is 0 Å². The van der Waals surface area contributed by atoms with Crippen molar-refractivity contribution in [3.05, 3.63) is 24.2 Å². The summed E-state index contributed by atoms with van der Waals surface area (Å²) in [6.45, 7) is 3.72. The first-order valence-corrected chi connectivity index (χ1v) is 10.1. The fourth-order valence-corrected chi connectivity index (χ4v) is 5.29. The number of fused-ring (bicyclic) bond motifs is 1. The summed E-state index contributed by atoms with van der Waals surface area (Å²) in [5, 5.41) is 29.1. The van der Waals surface area contributed by atoms with E-state index in [0.29, 0.717) is 23.6 Å². The van der Waals surface area contributed by atoms with Gasteiger partial charge in [0.2, 0.25) is 0 Å². The SMILES string of the molecule is Nc1ncnn2c([C@@H]3O[C@H](CN4CCCC45CCNCC5)[C@@H](O)[C@H]3O)ccc12. The normalized spacial score (nSPS) is 33.2. The second-order valence-corrected chi connectivity index (χ2v) is 8.30. The fraction of sp³-hybridized carbons (Fsp3) is 0.684. The van der Waals surface area contributed by atoms with Crippen LogP contribution in [0.5, 0.6) is 0 Å². The topological polar surface area (TPSA) is 121 Å². The second-order valence-electron chi connectivity index (χ2n) is 8.30. The lowest BCUT2D eigenvalue weighted by Crippen LogP contribution is -2.54. The molecule has 4 atom stereocenters. The van der Waals surface area contributed by atoms with Gasteiger partial charge >= 0.3 is 0 Å².